The minimum absolute atomic E-state index is 0.0424. The van der Waals surface area contributed by atoms with Crippen molar-refractivity contribution in [2.24, 2.45) is 0 Å². The molecule has 0 unspecified atom stereocenters. The van der Waals surface area contributed by atoms with Crippen molar-refractivity contribution in [2.75, 3.05) is 12.4 Å². The van der Waals surface area contributed by atoms with Crippen LogP contribution in [0.2, 0.25) is 0 Å². The number of anilines is 1. The van der Waals surface area contributed by atoms with Crippen LogP contribution >= 0.6 is 11.3 Å². The Bertz CT molecular complexity index is 872. The van der Waals surface area contributed by atoms with Crippen molar-refractivity contribution < 1.29 is 9.84 Å². The van der Waals surface area contributed by atoms with Crippen LogP contribution in [0.1, 0.15) is 19.8 Å². The lowest BCUT2D eigenvalue weighted by molar-refractivity contribution is 0.133. The van der Waals surface area contributed by atoms with Crippen LogP contribution in [0.3, 0.4) is 0 Å². The molecule has 124 valence electrons. The molecule has 0 aliphatic heterocycles. The van der Waals surface area contributed by atoms with Crippen LogP contribution in [-0.4, -0.2) is 33.8 Å². The number of nitrogens with zero attached hydrogens (tertiary/aromatic N) is 2. The smallest absolute Gasteiger partial charge is 0.139 e. The van der Waals surface area contributed by atoms with Gasteiger partial charge < -0.3 is 15.2 Å². The molecule has 2 heterocycles. The van der Waals surface area contributed by atoms with Gasteiger partial charge in [-0.15, -0.1) is 11.3 Å². The normalized spacial score (nSPS) is 16.8. The van der Waals surface area contributed by atoms with Crippen molar-refractivity contribution in [3.63, 3.8) is 0 Å². The van der Waals surface area contributed by atoms with Crippen molar-refractivity contribution in [2.45, 2.75) is 31.4 Å². The third-order valence-corrected chi connectivity index (χ3v) is 5.58. The number of methoxy groups -OCH3 is 1. The molecule has 1 atom stereocenters. The predicted octanol–water partition coefficient (Wildman–Crippen LogP) is 3.69. The molecule has 24 heavy (non-hydrogen) atoms. The Morgan fingerprint density at radius 3 is 2.67 bits per heavy atom. The first-order valence-electron chi connectivity index (χ1n) is 7.96. The molecule has 0 radical (unpaired) electrons. The first-order valence-corrected chi connectivity index (χ1v) is 8.84. The Kier molecular flexibility index (Phi) is 3.66. The lowest BCUT2D eigenvalue weighted by Gasteiger charge is -2.20. The maximum atomic E-state index is 10.3. The Balaban J connectivity index is 1.76. The van der Waals surface area contributed by atoms with E-state index in [0.717, 1.165) is 45.8 Å². The van der Waals surface area contributed by atoms with Gasteiger partial charge in [0.1, 0.15) is 22.7 Å². The second kappa shape index (κ2) is 5.72. The van der Waals surface area contributed by atoms with Crippen LogP contribution in [0.15, 0.2) is 36.0 Å². The van der Waals surface area contributed by atoms with Gasteiger partial charge in [-0.3, -0.25) is 0 Å². The minimum Gasteiger partial charge on any atom is -0.497 e. The highest BCUT2D eigenvalue weighted by atomic mass is 32.1. The summed E-state index contributed by atoms with van der Waals surface area (Å²) in [6.45, 7) is 2.00. The first-order chi connectivity index (χ1) is 11.6. The number of ether oxygens (including phenoxy) is 1. The van der Waals surface area contributed by atoms with Crippen molar-refractivity contribution in [1.82, 2.24) is 9.97 Å². The Hall–Kier alpha value is -2.18. The zero-order chi connectivity index (χ0) is 16.7. The number of aliphatic hydroxyl groups is 1. The zero-order valence-corrected chi connectivity index (χ0v) is 14.4. The third kappa shape index (κ3) is 2.61. The molecule has 5 nitrogen and oxygen atoms in total. The average molecular weight is 341 g/mol. The number of hydrogen-bond donors (Lipinski definition) is 2. The molecule has 2 aromatic heterocycles. The molecule has 0 bridgehead atoms. The number of rotatable bonds is 5. The van der Waals surface area contributed by atoms with Crippen LogP contribution in [0.5, 0.6) is 5.75 Å². The quantitative estimate of drug-likeness (QED) is 0.741. The second-order valence-electron chi connectivity index (χ2n) is 6.25. The van der Waals surface area contributed by atoms with Crippen LogP contribution in [-0.2, 0) is 0 Å². The van der Waals surface area contributed by atoms with Gasteiger partial charge in [-0.05, 0) is 37.5 Å². The number of nitrogens with one attached hydrogen (secondary N) is 1. The summed E-state index contributed by atoms with van der Waals surface area (Å²) in [5, 5.41) is 16.8. The standard InChI is InChI=1S/C18H19N3O2S/c1-11(18(22)7-8-18)21-16-15-14(9-24-17(15)20-10-19-16)12-3-5-13(23-2)6-4-12/h3-6,9-11,22H,7-8H2,1-2H3,(H,19,20,21)/t11-/m0/s1. The highest BCUT2D eigenvalue weighted by Crippen LogP contribution is 2.41. The van der Waals surface area contributed by atoms with Gasteiger partial charge in [-0.25, -0.2) is 9.97 Å². The maximum absolute atomic E-state index is 10.3. The number of thiophene rings is 1. The first kappa shape index (κ1) is 15.4. The maximum Gasteiger partial charge on any atom is 0.139 e. The van der Waals surface area contributed by atoms with E-state index >= 15 is 0 Å². The van der Waals surface area contributed by atoms with E-state index in [1.807, 2.05) is 31.2 Å². The number of aromatic nitrogens is 2. The molecular formula is C18H19N3O2S. The van der Waals surface area contributed by atoms with Crippen molar-refractivity contribution >= 4 is 27.4 Å². The molecule has 1 aliphatic carbocycles. The number of benzene rings is 1. The summed E-state index contributed by atoms with van der Waals surface area (Å²) >= 11 is 1.60. The van der Waals surface area contributed by atoms with Crippen LogP contribution < -0.4 is 10.1 Å². The fraction of sp³-hybridized carbons (Fsp3) is 0.333. The summed E-state index contributed by atoms with van der Waals surface area (Å²) in [4.78, 5) is 9.75. The van der Waals surface area contributed by atoms with Crippen LogP contribution in [0.4, 0.5) is 5.82 Å². The van der Waals surface area contributed by atoms with Gasteiger partial charge in [0.2, 0.25) is 0 Å². The summed E-state index contributed by atoms with van der Waals surface area (Å²) in [7, 11) is 1.66. The molecule has 0 amide bonds. The van der Waals surface area contributed by atoms with Gasteiger partial charge in [-0.2, -0.15) is 0 Å². The fourth-order valence-electron chi connectivity index (χ4n) is 2.87. The topological polar surface area (TPSA) is 67.3 Å². The van der Waals surface area contributed by atoms with Gasteiger partial charge in [0.15, 0.2) is 0 Å². The van der Waals surface area contributed by atoms with Gasteiger partial charge >= 0.3 is 0 Å². The summed E-state index contributed by atoms with van der Waals surface area (Å²) < 4.78 is 5.23. The van der Waals surface area contributed by atoms with Gasteiger partial charge in [0, 0.05) is 10.9 Å². The van der Waals surface area contributed by atoms with Gasteiger partial charge in [-0.1, -0.05) is 12.1 Å². The number of fused-ring (bicyclic) bond motifs is 1. The monoisotopic (exact) mass is 341 g/mol. The molecule has 4 rings (SSSR count). The van der Waals surface area contributed by atoms with E-state index in [1.54, 1.807) is 24.8 Å². The fourth-order valence-corrected chi connectivity index (χ4v) is 3.78. The summed E-state index contributed by atoms with van der Waals surface area (Å²) in [5.74, 6) is 1.61. The van der Waals surface area contributed by atoms with Crippen molar-refractivity contribution in [3.05, 3.63) is 36.0 Å². The van der Waals surface area contributed by atoms with E-state index in [4.69, 9.17) is 4.74 Å². The van der Waals surface area contributed by atoms with E-state index in [0.29, 0.717) is 0 Å². The largest absolute Gasteiger partial charge is 0.497 e. The summed E-state index contributed by atoms with van der Waals surface area (Å²) in [6, 6.07) is 7.93. The van der Waals surface area contributed by atoms with E-state index in [-0.39, 0.29) is 6.04 Å². The summed E-state index contributed by atoms with van der Waals surface area (Å²) in [5.41, 5.74) is 1.58. The molecule has 1 aromatic carbocycles. The molecule has 1 saturated carbocycles. The Labute approximate surface area is 144 Å². The van der Waals surface area contributed by atoms with Crippen LogP contribution in [0, 0.1) is 0 Å². The van der Waals surface area contributed by atoms with E-state index in [2.05, 4.69) is 20.7 Å². The average Bonchev–Trinajstić information content (AvgIpc) is 3.21. The molecular weight excluding hydrogens is 322 g/mol. The van der Waals surface area contributed by atoms with Crippen LogP contribution in [0.25, 0.3) is 21.3 Å². The van der Waals surface area contributed by atoms with E-state index in [9.17, 15) is 5.11 Å². The van der Waals surface area contributed by atoms with E-state index in [1.165, 1.54) is 0 Å². The minimum atomic E-state index is -0.604. The third-order valence-electron chi connectivity index (χ3n) is 4.69. The lowest BCUT2D eigenvalue weighted by Crippen LogP contribution is -2.32. The Morgan fingerprint density at radius 2 is 2.00 bits per heavy atom. The van der Waals surface area contributed by atoms with E-state index < -0.39 is 5.60 Å². The van der Waals surface area contributed by atoms with Gasteiger partial charge in [0.25, 0.3) is 0 Å². The SMILES string of the molecule is COc1ccc(-c2csc3ncnc(N[C@@H](C)C4(O)CC4)c23)cc1. The zero-order valence-electron chi connectivity index (χ0n) is 13.6. The highest BCUT2D eigenvalue weighted by Gasteiger charge is 2.45. The molecule has 0 saturated heterocycles. The van der Waals surface area contributed by atoms with Crippen molar-refractivity contribution in [3.8, 4) is 16.9 Å². The molecule has 3 aromatic rings. The Morgan fingerprint density at radius 1 is 1.25 bits per heavy atom. The van der Waals surface area contributed by atoms with Crippen molar-refractivity contribution in [1.29, 1.82) is 0 Å². The number of hydrogen-bond acceptors (Lipinski definition) is 6. The molecule has 1 fully saturated rings. The molecule has 6 heteroatoms. The van der Waals surface area contributed by atoms with Gasteiger partial charge in [0.05, 0.1) is 24.1 Å². The highest BCUT2D eigenvalue weighted by molar-refractivity contribution is 7.17. The lowest BCUT2D eigenvalue weighted by atomic mass is 10.1. The second-order valence-corrected chi connectivity index (χ2v) is 7.11. The summed E-state index contributed by atoms with van der Waals surface area (Å²) in [6.07, 6.45) is 3.25. The molecule has 2 N–H and O–H groups in total. The predicted molar refractivity (Wildman–Crippen MR) is 96.7 cm³/mol. The molecule has 1 aliphatic rings. The molecule has 0 spiro atoms.